The maximum absolute atomic E-state index is 12.7. The molecule has 0 bridgehead atoms. The van der Waals surface area contributed by atoms with Crippen molar-refractivity contribution in [3.63, 3.8) is 0 Å². The van der Waals surface area contributed by atoms with Gasteiger partial charge in [0.2, 0.25) is 11.8 Å². The molecule has 2 saturated heterocycles. The predicted octanol–water partition coefficient (Wildman–Crippen LogP) is 2.50. The molecule has 8 nitrogen and oxygen atoms in total. The number of carbonyl (C=O) groups is 3. The molecule has 164 valence electrons. The maximum atomic E-state index is 12.7. The van der Waals surface area contributed by atoms with Crippen LogP contribution in [-0.4, -0.2) is 66.3 Å². The molecule has 8 heteroatoms. The Balaban J connectivity index is 1.29. The molecule has 1 N–H and O–H groups in total. The van der Waals surface area contributed by atoms with E-state index in [2.05, 4.69) is 10.2 Å². The topological polar surface area (TPSA) is 86.1 Å². The molecule has 1 atom stereocenters. The zero-order valence-electron chi connectivity index (χ0n) is 18.0. The molecule has 1 aromatic heterocycles. The summed E-state index contributed by atoms with van der Waals surface area (Å²) >= 11 is 0. The Labute approximate surface area is 181 Å². The molecule has 2 aliphatic rings. The fourth-order valence-electron chi connectivity index (χ4n) is 4.08. The van der Waals surface area contributed by atoms with Crippen LogP contribution in [0, 0.1) is 6.92 Å². The Hall–Kier alpha value is -3.13. The molecule has 3 heterocycles. The summed E-state index contributed by atoms with van der Waals surface area (Å²) in [5.74, 6) is 1.02. The molecule has 2 aliphatic heterocycles. The van der Waals surface area contributed by atoms with Gasteiger partial charge in [-0.05, 0) is 56.7 Å². The van der Waals surface area contributed by atoms with Gasteiger partial charge in [-0.1, -0.05) is 0 Å². The lowest BCUT2D eigenvalue weighted by Gasteiger charge is -2.37. The van der Waals surface area contributed by atoms with Crippen LogP contribution in [0.25, 0.3) is 0 Å². The number of piperazine rings is 1. The first-order valence-corrected chi connectivity index (χ1v) is 10.7. The van der Waals surface area contributed by atoms with E-state index in [1.165, 1.54) is 0 Å². The second kappa shape index (κ2) is 8.93. The average molecular weight is 425 g/mol. The largest absolute Gasteiger partial charge is 0.456 e. The highest BCUT2D eigenvalue weighted by Crippen LogP contribution is 2.23. The summed E-state index contributed by atoms with van der Waals surface area (Å²) in [7, 11) is 0. The van der Waals surface area contributed by atoms with Crippen molar-refractivity contribution >= 4 is 29.1 Å². The van der Waals surface area contributed by atoms with Crippen molar-refractivity contribution in [1.29, 1.82) is 0 Å². The highest BCUT2D eigenvalue weighted by Gasteiger charge is 2.29. The molecule has 2 fully saturated rings. The van der Waals surface area contributed by atoms with Gasteiger partial charge in [-0.25, -0.2) is 0 Å². The molecular formula is C23H28N4O4. The van der Waals surface area contributed by atoms with Crippen molar-refractivity contribution < 1.29 is 18.8 Å². The van der Waals surface area contributed by atoms with Crippen LogP contribution in [0.2, 0.25) is 0 Å². The highest BCUT2D eigenvalue weighted by molar-refractivity contribution is 5.97. The zero-order valence-corrected chi connectivity index (χ0v) is 18.0. The van der Waals surface area contributed by atoms with E-state index in [1.807, 2.05) is 38.1 Å². The van der Waals surface area contributed by atoms with E-state index in [9.17, 15) is 14.4 Å². The molecule has 0 aliphatic carbocycles. The maximum Gasteiger partial charge on any atom is 0.289 e. The number of rotatable bonds is 5. The number of hydrogen-bond donors (Lipinski definition) is 1. The number of aryl methyl sites for hydroxylation is 1. The minimum atomic E-state index is -0.317. The van der Waals surface area contributed by atoms with Gasteiger partial charge in [-0.2, -0.15) is 0 Å². The molecule has 0 spiro atoms. The number of carbonyl (C=O) groups excluding carboxylic acids is 3. The first-order valence-electron chi connectivity index (χ1n) is 10.7. The monoisotopic (exact) mass is 424 g/mol. The van der Waals surface area contributed by atoms with Crippen LogP contribution in [0.1, 0.15) is 36.1 Å². The lowest BCUT2D eigenvalue weighted by atomic mass is 10.2. The van der Waals surface area contributed by atoms with Crippen LogP contribution in [0.3, 0.4) is 0 Å². The summed E-state index contributed by atoms with van der Waals surface area (Å²) in [5.41, 5.74) is 1.57. The van der Waals surface area contributed by atoms with E-state index in [0.717, 1.165) is 18.7 Å². The number of nitrogens with one attached hydrogen (secondary N) is 1. The first kappa shape index (κ1) is 21.1. The summed E-state index contributed by atoms with van der Waals surface area (Å²) in [4.78, 5) is 42.7. The van der Waals surface area contributed by atoms with Crippen molar-refractivity contribution in [3.05, 3.63) is 47.9 Å². The highest BCUT2D eigenvalue weighted by atomic mass is 16.3. The van der Waals surface area contributed by atoms with Gasteiger partial charge in [-0.3, -0.25) is 19.3 Å². The van der Waals surface area contributed by atoms with Crippen LogP contribution in [0.4, 0.5) is 11.4 Å². The normalized spacial score (nSPS) is 18.3. The van der Waals surface area contributed by atoms with Crippen molar-refractivity contribution in [2.75, 3.05) is 42.9 Å². The Bertz CT molecular complexity index is 960. The van der Waals surface area contributed by atoms with Crippen LogP contribution in [0.5, 0.6) is 0 Å². The van der Waals surface area contributed by atoms with E-state index in [-0.39, 0.29) is 23.8 Å². The van der Waals surface area contributed by atoms with Gasteiger partial charge in [0.05, 0.1) is 6.04 Å². The summed E-state index contributed by atoms with van der Waals surface area (Å²) in [6.07, 6.45) is 1.48. The molecule has 2 aromatic rings. The Morgan fingerprint density at radius 3 is 2.29 bits per heavy atom. The van der Waals surface area contributed by atoms with Crippen molar-refractivity contribution in [1.82, 2.24) is 9.80 Å². The Morgan fingerprint density at radius 2 is 1.71 bits per heavy atom. The van der Waals surface area contributed by atoms with E-state index in [1.54, 1.807) is 21.9 Å². The zero-order chi connectivity index (χ0) is 22.0. The van der Waals surface area contributed by atoms with Crippen LogP contribution >= 0.6 is 0 Å². The molecule has 4 rings (SSSR count). The smallest absolute Gasteiger partial charge is 0.289 e. The van der Waals surface area contributed by atoms with Gasteiger partial charge in [0, 0.05) is 50.5 Å². The number of furan rings is 1. The third-order valence-corrected chi connectivity index (χ3v) is 6.00. The van der Waals surface area contributed by atoms with Crippen LogP contribution < -0.4 is 10.2 Å². The summed E-state index contributed by atoms with van der Waals surface area (Å²) < 4.78 is 5.43. The van der Waals surface area contributed by atoms with E-state index in [0.29, 0.717) is 49.8 Å². The number of anilines is 2. The Kier molecular flexibility index (Phi) is 6.08. The third-order valence-electron chi connectivity index (χ3n) is 6.00. The SMILES string of the molecule is Cc1ccc(C(=O)N2CCN(C(C)C(=O)Nc3ccc(N4CCCC4=O)cc3)CC2)o1. The fourth-order valence-corrected chi connectivity index (χ4v) is 4.08. The number of nitrogens with zero attached hydrogens (tertiary/aromatic N) is 3. The standard InChI is InChI=1S/C23H28N4O4/c1-16-5-10-20(31-16)23(30)26-14-12-25(13-15-26)17(2)22(29)24-18-6-8-19(9-7-18)27-11-3-4-21(27)28/h5-10,17H,3-4,11-15H2,1-2H3,(H,24,29). The van der Waals surface area contributed by atoms with E-state index in [4.69, 9.17) is 4.42 Å². The fraction of sp³-hybridized carbons (Fsp3) is 0.435. The Morgan fingerprint density at radius 1 is 1.00 bits per heavy atom. The van der Waals surface area contributed by atoms with Gasteiger partial charge in [0.1, 0.15) is 5.76 Å². The van der Waals surface area contributed by atoms with Gasteiger partial charge >= 0.3 is 0 Å². The predicted molar refractivity (Wildman–Crippen MR) is 117 cm³/mol. The molecule has 3 amide bonds. The van der Waals surface area contributed by atoms with Gasteiger partial charge in [0.15, 0.2) is 5.76 Å². The molecular weight excluding hydrogens is 396 g/mol. The van der Waals surface area contributed by atoms with E-state index >= 15 is 0 Å². The van der Waals surface area contributed by atoms with Crippen LogP contribution in [-0.2, 0) is 9.59 Å². The number of amides is 3. The average Bonchev–Trinajstić information content (AvgIpc) is 3.41. The number of benzene rings is 1. The lowest BCUT2D eigenvalue weighted by Crippen LogP contribution is -2.54. The van der Waals surface area contributed by atoms with Crippen molar-refractivity contribution in [2.45, 2.75) is 32.7 Å². The van der Waals surface area contributed by atoms with Crippen LogP contribution in [0.15, 0.2) is 40.8 Å². The summed E-state index contributed by atoms with van der Waals surface area (Å²) in [6.45, 7) is 6.78. The van der Waals surface area contributed by atoms with Gasteiger partial charge < -0.3 is 19.5 Å². The number of hydrogen-bond acceptors (Lipinski definition) is 5. The molecule has 1 aromatic carbocycles. The minimum absolute atomic E-state index is 0.0913. The molecule has 31 heavy (non-hydrogen) atoms. The summed E-state index contributed by atoms with van der Waals surface area (Å²) in [5, 5.41) is 2.95. The molecule has 0 radical (unpaired) electrons. The van der Waals surface area contributed by atoms with E-state index < -0.39 is 0 Å². The molecule has 1 unspecified atom stereocenters. The minimum Gasteiger partial charge on any atom is -0.456 e. The van der Waals surface area contributed by atoms with Gasteiger partial charge in [-0.15, -0.1) is 0 Å². The third kappa shape index (κ3) is 4.64. The lowest BCUT2D eigenvalue weighted by molar-refractivity contribution is -0.121. The van der Waals surface area contributed by atoms with Gasteiger partial charge in [0.25, 0.3) is 5.91 Å². The van der Waals surface area contributed by atoms with Crippen molar-refractivity contribution in [3.8, 4) is 0 Å². The second-order valence-electron chi connectivity index (χ2n) is 8.10. The quantitative estimate of drug-likeness (QED) is 0.797. The summed E-state index contributed by atoms with van der Waals surface area (Å²) in [6, 6.07) is 10.6. The second-order valence-corrected chi connectivity index (χ2v) is 8.10. The first-order chi connectivity index (χ1) is 14.9. The molecule has 0 saturated carbocycles. The van der Waals surface area contributed by atoms with Crippen molar-refractivity contribution in [2.24, 2.45) is 0 Å².